The number of pyridine rings is 1. The second kappa shape index (κ2) is 8.14. The second-order valence-electron chi connectivity index (χ2n) is 6.75. The van der Waals surface area contributed by atoms with Gasteiger partial charge in [-0.05, 0) is 43.2 Å². The van der Waals surface area contributed by atoms with Gasteiger partial charge >= 0.3 is 6.09 Å². The molecule has 1 N–H and O–H groups in total. The van der Waals surface area contributed by atoms with Crippen molar-refractivity contribution in [2.45, 2.75) is 30.3 Å². The number of rotatable bonds is 5. The Morgan fingerprint density at radius 2 is 2.00 bits per heavy atom. The average molecular weight is 408 g/mol. The molecule has 0 atom stereocenters. The van der Waals surface area contributed by atoms with E-state index in [0.29, 0.717) is 31.6 Å². The fourth-order valence-corrected chi connectivity index (χ4v) is 3.79. The predicted octanol–water partition coefficient (Wildman–Crippen LogP) is 3.06. The Balaban J connectivity index is 1.65. The first kappa shape index (κ1) is 20.1. The van der Waals surface area contributed by atoms with Gasteiger partial charge in [-0.2, -0.15) is 0 Å². The van der Waals surface area contributed by atoms with E-state index >= 15 is 0 Å². The highest BCUT2D eigenvalue weighted by Crippen LogP contribution is 2.27. The van der Waals surface area contributed by atoms with Crippen LogP contribution in [0, 0.1) is 5.82 Å². The summed E-state index contributed by atoms with van der Waals surface area (Å²) in [5.74, 6) is -0.629. The molecule has 1 aliphatic rings. The molecule has 0 bridgehead atoms. The van der Waals surface area contributed by atoms with Crippen LogP contribution in [0.3, 0.4) is 0 Å². The van der Waals surface area contributed by atoms with E-state index in [1.54, 1.807) is 6.07 Å². The van der Waals surface area contributed by atoms with Gasteiger partial charge in [-0.3, -0.25) is 4.98 Å². The number of hydrogen-bond acceptors (Lipinski definition) is 5. The molecule has 1 aromatic carbocycles. The number of likely N-dealkylation sites (tertiary alicyclic amines) is 1. The van der Waals surface area contributed by atoms with Crippen molar-refractivity contribution in [1.29, 1.82) is 0 Å². The monoisotopic (exact) mass is 408 g/mol. The molecule has 1 saturated heterocycles. The lowest BCUT2D eigenvalue weighted by Gasteiger charge is -2.29. The van der Waals surface area contributed by atoms with E-state index in [-0.39, 0.29) is 23.2 Å². The van der Waals surface area contributed by atoms with Crippen LogP contribution in [0.15, 0.2) is 41.3 Å². The Labute approximate surface area is 162 Å². The van der Waals surface area contributed by atoms with Gasteiger partial charge in [0.2, 0.25) is 0 Å². The van der Waals surface area contributed by atoms with Crippen LogP contribution in [-0.4, -0.2) is 48.8 Å². The minimum atomic E-state index is -3.48. The van der Waals surface area contributed by atoms with E-state index in [9.17, 15) is 17.6 Å². The quantitative estimate of drug-likeness (QED) is 0.817. The third-order valence-corrected chi connectivity index (χ3v) is 5.83. The summed E-state index contributed by atoms with van der Waals surface area (Å²) in [5, 5.41) is 9.03. The van der Waals surface area contributed by atoms with E-state index in [2.05, 4.69) is 4.98 Å². The highest BCUT2D eigenvalue weighted by molar-refractivity contribution is 7.90. The number of piperidine rings is 1. The molecule has 150 valence electrons. The molecule has 3 rings (SSSR count). The normalized spacial score (nSPS) is 15.4. The van der Waals surface area contributed by atoms with E-state index in [4.69, 9.17) is 9.84 Å². The van der Waals surface area contributed by atoms with Gasteiger partial charge in [0.05, 0.1) is 10.6 Å². The van der Waals surface area contributed by atoms with E-state index in [0.717, 1.165) is 18.0 Å². The zero-order valence-corrected chi connectivity index (χ0v) is 16.2. The maximum absolute atomic E-state index is 14.1. The first-order valence-electron chi connectivity index (χ1n) is 8.80. The molecule has 0 radical (unpaired) electrons. The third kappa shape index (κ3) is 4.78. The number of halogens is 1. The highest BCUT2D eigenvalue weighted by Gasteiger charge is 2.24. The lowest BCUT2D eigenvalue weighted by Crippen LogP contribution is -2.37. The summed E-state index contributed by atoms with van der Waals surface area (Å²) in [4.78, 5) is 16.9. The second-order valence-corrected chi connectivity index (χ2v) is 8.77. The van der Waals surface area contributed by atoms with Crippen LogP contribution in [0.25, 0.3) is 0 Å². The van der Waals surface area contributed by atoms with Gasteiger partial charge in [0.1, 0.15) is 6.61 Å². The molecule has 0 saturated carbocycles. The van der Waals surface area contributed by atoms with Crippen molar-refractivity contribution >= 4 is 15.9 Å². The van der Waals surface area contributed by atoms with Crippen molar-refractivity contribution in [3.63, 3.8) is 0 Å². The molecule has 1 aliphatic heterocycles. The van der Waals surface area contributed by atoms with Crippen LogP contribution in [0.4, 0.5) is 9.18 Å². The molecule has 9 heteroatoms. The highest BCUT2D eigenvalue weighted by atomic mass is 32.2. The number of sulfone groups is 1. The van der Waals surface area contributed by atoms with Crippen LogP contribution in [0.1, 0.15) is 30.1 Å². The Bertz CT molecular complexity index is 972. The summed E-state index contributed by atoms with van der Waals surface area (Å²) in [6, 6.07) is 9.02. The van der Waals surface area contributed by atoms with E-state index < -0.39 is 21.7 Å². The number of ether oxygens (including phenoxy) is 1. The maximum Gasteiger partial charge on any atom is 0.407 e. The molecule has 1 fully saturated rings. The van der Waals surface area contributed by atoms with Crippen molar-refractivity contribution in [3.05, 3.63) is 53.6 Å². The van der Waals surface area contributed by atoms with Crippen molar-refractivity contribution in [2.24, 2.45) is 0 Å². The fourth-order valence-electron chi connectivity index (χ4n) is 3.15. The van der Waals surface area contributed by atoms with Crippen molar-refractivity contribution in [1.82, 2.24) is 9.88 Å². The van der Waals surface area contributed by atoms with Crippen molar-refractivity contribution in [3.8, 4) is 5.75 Å². The minimum absolute atomic E-state index is 0.0386. The first-order chi connectivity index (χ1) is 13.2. The number of carbonyl (C=O) groups is 1. The van der Waals surface area contributed by atoms with Gasteiger partial charge in [-0.25, -0.2) is 17.6 Å². The van der Waals surface area contributed by atoms with E-state index in [1.165, 1.54) is 17.0 Å². The van der Waals surface area contributed by atoms with Gasteiger partial charge in [0.25, 0.3) is 0 Å². The summed E-state index contributed by atoms with van der Waals surface area (Å²) in [7, 11) is -3.48. The van der Waals surface area contributed by atoms with Crippen molar-refractivity contribution in [2.75, 3.05) is 19.3 Å². The number of amides is 1. The number of nitrogens with zero attached hydrogens (tertiary/aromatic N) is 2. The molecule has 28 heavy (non-hydrogen) atoms. The lowest BCUT2D eigenvalue weighted by atomic mass is 9.93. The average Bonchev–Trinajstić information content (AvgIpc) is 2.66. The molecule has 0 aliphatic carbocycles. The maximum atomic E-state index is 14.1. The van der Waals surface area contributed by atoms with E-state index in [1.807, 2.05) is 12.1 Å². The van der Waals surface area contributed by atoms with Crippen LogP contribution < -0.4 is 4.74 Å². The molecule has 2 heterocycles. The molecule has 2 aromatic rings. The standard InChI is InChI=1S/C19H21FN2O5S/c1-28(25,26)15-5-6-18(16(20)11-15)27-12-14-3-2-4-17(21-14)13-7-9-22(10-8-13)19(23)24/h2-6,11,13H,7-10,12H2,1H3,(H,23,24). The fraction of sp³-hybridized carbons (Fsp3) is 0.368. The molecule has 1 aromatic heterocycles. The minimum Gasteiger partial charge on any atom is -0.484 e. The topological polar surface area (TPSA) is 96.8 Å². The smallest absolute Gasteiger partial charge is 0.407 e. The first-order valence-corrected chi connectivity index (χ1v) is 10.7. The molecule has 7 nitrogen and oxygen atoms in total. The number of benzene rings is 1. The molecule has 0 unspecified atom stereocenters. The van der Waals surface area contributed by atoms with Gasteiger partial charge in [-0.15, -0.1) is 0 Å². The van der Waals surface area contributed by atoms with Crippen LogP contribution in [0.2, 0.25) is 0 Å². The number of hydrogen-bond donors (Lipinski definition) is 1. The van der Waals surface area contributed by atoms with Crippen molar-refractivity contribution < 1.29 is 27.4 Å². The van der Waals surface area contributed by atoms with Gasteiger partial charge < -0.3 is 14.7 Å². The zero-order chi connectivity index (χ0) is 20.3. The third-order valence-electron chi connectivity index (χ3n) is 4.72. The van der Waals surface area contributed by atoms with Crippen LogP contribution in [0.5, 0.6) is 5.75 Å². The molecular formula is C19H21FN2O5S. The van der Waals surface area contributed by atoms with Gasteiger partial charge in [0.15, 0.2) is 21.4 Å². The zero-order valence-electron chi connectivity index (χ0n) is 15.3. The summed E-state index contributed by atoms with van der Waals surface area (Å²) in [5.41, 5.74) is 1.48. The molecular weight excluding hydrogens is 387 g/mol. The Morgan fingerprint density at radius 3 is 2.61 bits per heavy atom. The number of carboxylic acid groups (broad SMARTS) is 1. The van der Waals surface area contributed by atoms with Gasteiger partial charge in [-0.1, -0.05) is 6.07 Å². The SMILES string of the molecule is CS(=O)(=O)c1ccc(OCc2cccc(C3CCN(C(=O)O)CC3)n2)c(F)c1. The van der Waals surface area contributed by atoms with Gasteiger partial charge in [0, 0.05) is 31.0 Å². The Hall–Kier alpha value is -2.68. The Kier molecular flexibility index (Phi) is 5.83. The summed E-state index contributed by atoms with van der Waals surface area (Å²) in [6.45, 7) is 0.984. The lowest BCUT2D eigenvalue weighted by molar-refractivity contribution is 0.131. The number of aromatic nitrogens is 1. The largest absolute Gasteiger partial charge is 0.484 e. The summed E-state index contributed by atoms with van der Waals surface area (Å²) in [6.07, 6.45) is 1.51. The molecule has 1 amide bonds. The summed E-state index contributed by atoms with van der Waals surface area (Å²) >= 11 is 0. The predicted molar refractivity (Wildman–Crippen MR) is 99.7 cm³/mol. The Morgan fingerprint density at radius 1 is 1.29 bits per heavy atom. The van der Waals surface area contributed by atoms with Crippen LogP contribution >= 0.6 is 0 Å². The summed E-state index contributed by atoms with van der Waals surface area (Å²) < 4.78 is 42.5. The molecule has 0 spiro atoms. The van der Waals surface area contributed by atoms with Crippen LogP contribution in [-0.2, 0) is 16.4 Å².